The van der Waals surface area contributed by atoms with Crippen molar-refractivity contribution in [1.82, 2.24) is 20.6 Å². The average molecular weight is 338 g/mol. The molecule has 0 spiro atoms. The summed E-state index contributed by atoms with van der Waals surface area (Å²) >= 11 is 0. The van der Waals surface area contributed by atoms with E-state index in [1.807, 2.05) is 12.1 Å². The van der Waals surface area contributed by atoms with Crippen molar-refractivity contribution < 1.29 is 9.53 Å². The number of amides is 1. The second kappa shape index (κ2) is 6.80. The van der Waals surface area contributed by atoms with Crippen molar-refractivity contribution in [3.8, 4) is 17.1 Å². The first-order valence-corrected chi connectivity index (χ1v) is 8.82. The van der Waals surface area contributed by atoms with Gasteiger partial charge in [-0.15, -0.1) is 0 Å². The van der Waals surface area contributed by atoms with Gasteiger partial charge >= 0.3 is 0 Å². The van der Waals surface area contributed by atoms with E-state index in [1.165, 1.54) is 5.56 Å². The van der Waals surface area contributed by atoms with Crippen LogP contribution in [0.2, 0.25) is 0 Å². The molecule has 4 rings (SSSR count). The zero-order chi connectivity index (χ0) is 17.2. The summed E-state index contributed by atoms with van der Waals surface area (Å²) in [6, 6.07) is 6.18. The third-order valence-corrected chi connectivity index (χ3v) is 4.70. The number of carbonyl (C=O) groups excluding carboxylic acids is 1. The summed E-state index contributed by atoms with van der Waals surface area (Å²) in [5.41, 5.74) is 2.62. The summed E-state index contributed by atoms with van der Waals surface area (Å²) in [7, 11) is 0. The molecule has 2 aliphatic rings. The molecule has 2 aromatic rings. The van der Waals surface area contributed by atoms with Gasteiger partial charge in [0.25, 0.3) is 5.91 Å². The van der Waals surface area contributed by atoms with Crippen molar-refractivity contribution in [2.24, 2.45) is 0 Å². The van der Waals surface area contributed by atoms with E-state index in [1.54, 1.807) is 12.4 Å². The molecule has 0 bridgehead atoms. The van der Waals surface area contributed by atoms with Gasteiger partial charge in [0.05, 0.1) is 5.56 Å². The Morgan fingerprint density at radius 1 is 1.32 bits per heavy atom. The van der Waals surface area contributed by atoms with Crippen LogP contribution >= 0.6 is 0 Å². The number of fused-ring (bicyclic) bond motifs is 1. The van der Waals surface area contributed by atoms with Crippen LogP contribution in [0.5, 0.6) is 5.75 Å². The Balaban J connectivity index is 1.46. The molecule has 6 nitrogen and oxygen atoms in total. The van der Waals surface area contributed by atoms with Crippen LogP contribution in [0.25, 0.3) is 11.4 Å². The highest BCUT2D eigenvalue weighted by molar-refractivity contribution is 5.93. The number of rotatable bonds is 3. The molecule has 0 radical (unpaired) electrons. The van der Waals surface area contributed by atoms with E-state index in [2.05, 4.69) is 33.6 Å². The smallest absolute Gasteiger partial charge is 0.254 e. The Morgan fingerprint density at radius 3 is 2.92 bits per heavy atom. The van der Waals surface area contributed by atoms with E-state index in [4.69, 9.17) is 4.74 Å². The van der Waals surface area contributed by atoms with E-state index >= 15 is 0 Å². The molecule has 1 amide bonds. The van der Waals surface area contributed by atoms with Crippen LogP contribution in [0.1, 0.15) is 35.7 Å². The number of piperidine rings is 1. The van der Waals surface area contributed by atoms with E-state index in [-0.39, 0.29) is 18.1 Å². The number of nitrogens with zero attached hydrogens (tertiary/aromatic N) is 2. The van der Waals surface area contributed by atoms with E-state index in [9.17, 15) is 4.79 Å². The molecule has 1 fully saturated rings. The lowest BCUT2D eigenvalue weighted by molar-refractivity contribution is 0.0930. The number of nitrogens with one attached hydrogen (secondary N) is 2. The lowest BCUT2D eigenvalue weighted by Gasteiger charge is -2.23. The first-order chi connectivity index (χ1) is 12.2. The maximum Gasteiger partial charge on any atom is 0.254 e. The summed E-state index contributed by atoms with van der Waals surface area (Å²) < 4.78 is 5.72. The molecule has 2 aliphatic heterocycles. The van der Waals surface area contributed by atoms with E-state index in [0.717, 1.165) is 43.7 Å². The van der Waals surface area contributed by atoms with Crippen molar-refractivity contribution >= 4 is 5.91 Å². The van der Waals surface area contributed by atoms with Gasteiger partial charge in [0.15, 0.2) is 5.82 Å². The van der Waals surface area contributed by atoms with Crippen LogP contribution in [0, 0.1) is 0 Å². The molecule has 6 heteroatoms. The van der Waals surface area contributed by atoms with Crippen molar-refractivity contribution in [1.29, 1.82) is 0 Å². The molecule has 25 heavy (non-hydrogen) atoms. The Labute approximate surface area is 147 Å². The Kier molecular flexibility index (Phi) is 4.36. The van der Waals surface area contributed by atoms with Gasteiger partial charge in [-0.05, 0) is 50.1 Å². The summed E-state index contributed by atoms with van der Waals surface area (Å²) in [6.07, 6.45) is 6.40. The van der Waals surface area contributed by atoms with Gasteiger partial charge in [0.1, 0.15) is 11.9 Å². The number of carbonyl (C=O) groups is 1. The summed E-state index contributed by atoms with van der Waals surface area (Å²) in [6.45, 7) is 3.90. The molecule has 2 N–H and O–H groups in total. The maximum absolute atomic E-state index is 12.3. The minimum absolute atomic E-state index is 0.114. The zero-order valence-corrected chi connectivity index (χ0v) is 14.3. The first kappa shape index (κ1) is 16.0. The van der Waals surface area contributed by atoms with Crippen molar-refractivity contribution in [3.63, 3.8) is 0 Å². The largest absolute Gasteiger partial charge is 0.490 e. The summed E-state index contributed by atoms with van der Waals surface area (Å²) in [5.74, 6) is 1.45. The summed E-state index contributed by atoms with van der Waals surface area (Å²) in [5, 5.41) is 6.32. The fourth-order valence-corrected chi connectivity index (χ4v) is 3.40. The fourth-order valence-electron chi connectivity index (χ4n) is 3.40. The lowest BCUT2D eigenvalue weighted by Crippen LogP contribution is -2.45. The monoisotopic (exact) mass is 338 g/mol. The summed E-state index contributed by atoms with van der Waals surface area (Å²) in [4.78, 5) is 21.1. The molecule has 2 atom stereocenters. The van der Waals surface area contributed by atoms with Crippen molar-refractivity contribution in [3.05, 3.63) is 41.7 Å². The van der Waals surface area contributed by atoms with Gasteiger partial charge in [-0.1, -0.05) is 0 Å². The van der Waals surface area contributed by atoms with E-state index < -0.39 is 0 Å². The fraction of sp³-hybridized carbons (Fsp3) is 0.421. The van der Waals surface area contributed by atoms with Gasteiger partial charge in [-0.2, -0.15) is 0 Å². The van der Waals surface area contributed by atoms with Gasteiger partial charge < -0.3 is 15.4 Å². The Morgan fingerprint density at radius 2 is 2.16 bits per heavy atom. The predicted octanol–water partition coefficient (Wildman–Crippen LogP) is 1.95. The van der Waals surface area contributed by atoms with Crippen LogP contribution in [-0.4, -0.2) is 41.1 Å². The number of ether oxygens (including phenoxy) is 1. The zero-order valence-electron chi connectivity index (χ0n) is 14.3. The molecule has 130 valence electrons. The van der Waals surface area contributed by atoms with E-state index in [0.29, 0.717) is 11.4 Å². The number of hydrogen-bond acceptors (Lipinski definition) is 5. The standard InChI is InChI=1S/C19H22N4O2/c1-12-7-14-8-13(4-5-17(14)25-12)18-21-9-15(10-22-18)19(24)23-16-3-2-6-20-11-16/h4-5,8-10,12,16,20H,2-3,6-7,11H2,1H3,(H,23,24). The van der Waals surface area contributed by atoms with Crippen molar-refractivity contribution in [2.75, 3.05) is 13.1 Å². The highest BCUT2D eigenvalue weighted by Crippen LogP contribution is 2.31. The normalized spacial score (nSPS) is 22.1. The maximum atomic E-state index is 12.3. The molecule has 1 aromatic heterocycles. The molecule has 0 saturated carbocycles. The predicted molar refractivity (Wildman–Crippen MR) is 94.6 cm³/mol. The third-order valence-electron chi connectivity index (χ3n) is 4.70. The first-order valence-electron chi connectivity index (χ1n) is 8.82. The quantitative estimate of drug-likeness (QED) is 0.895. The van der Waals surface area contributed by atoms with Crippen LogP contribution in [0.15, 0.2) is 30.6 Å². The minimum atomic E-state index is -0.114. The Bertz CT molecular complexity index is 769. The van der Waals surface area contributed by atoms with Gasteiger partial charge in [0.2, 0.25) is 0 Å². The van der Waals surface area contributed by atoms with Crippen molar-refractivity contribution in [2.45, 2.75) is 38.3 Å². The highest BCUT2D eigenvalue weighted by Gasteiger charge is 2.20. The minimum Gasteiger partial charge on any atom is -0.490 e. The average Bonchev–Trinajstić information content (AvgIpc) is 3.02. The number of benzene rings is 1. The van der Waals surface area contributed by atoms with Gasteiger partial charge in [-0.25, -0.2) is 9.97 Å². The van der Waals surface area contributed by atoms with Crippen LogP contribution < -0.4 is 15.4 Å². The third kappa shape index (κ3) is 3.49. The molecule has 0 aliphatic carbocycles. The molecular formula is C19H22N4O2. The topological polar surface area (TPSA) is 76.1 Å². The van der Waals surface area contributed by atoms with Crippen LogP contribution in [0.4, 0.5) is 0 Å². The highest BCUT2D eigenvalue weighted by atomic mass is 16.5. The second-order valence-electron chi connectivity index (χ2n) is 6.77. The lowest BCUT2D eigenvalue weighted by atomic mass is 10.1. The molecular weight excluding hydrogens is 316 g/mol. The van der Waals surface area contributed by atoms with Crippen LogP contribution in [-0.2, 0) is 6.42 Å². The molecule has 3 heterocycles. The second-order valence-corrected chi connectivity index (χ2v) is 6.77. The molecule has 1 aromatic carbocycles. The SMILES string of the molecule is CC1Cc2cc(-c3ncc(C(=O)NC4CCCNC4)cn3)ccc2O1. The Hall–Kier alpha value is -2.47. The number of hydrogen-bond donors (Lipinski definition) is 2. The molecule has 1 saturated heterocycles. The van der Waals surface area contributed by atoms with Gasteiger partial charge in [0, 0.05) is 37.0 Å². The van der Waals surface area contributed by atoms with Gasteiger partial charge in [-0.3, -0.25) is 4.79 Å². The number of aromatic nitrogens is 2. The van der Waals surface area contributed by atoms with Crippen LogP contribution in [0.3, 0.4) is 0 Å². The molecule has 2 unspecified atom stereocenters.